The Morgan fingerprint density at radius 3 is 2.54 bits per heavy atom. The van der Waals surface area contributed by atoms with Gasteiger partial charge in [0.1, 0.15) is 32.5 Å². The lowest BCUT2D eigenvalue weighted by Crippen LogP contribution is -2.47. The number of benzene rings is 1. The van der Waals surface area contributed by atoms with Crippen LogP contribution in [0.3, 0.4) is 0 Å². The lowest BCUT2D eigenvalue weighted by molar-refractivity contribution is -0.176. The van der Waals surface area contributed by atoms with Crippen molar-refractivity contribution in [3.05, 3.63) is 46.5 Å². The van der Waals surface area contributed by atoms with Crippen LogP contribution in [0.2, 0.25) is 19.6 Å². The molecule has 3 rings (SSSR count). The molecule has 0 N–H and O–H groups in total. The fourth-order valence-electron chi connectivity index (χ4n) is 3.11. The highest BCUT2D eigenvalue weighted by Crippen LogP contribution is 2.33. The summed E-state index contributed by atoms with van der Waals surface area (Å²) in [5.41, 5.74) is 4.52. The summed E-state index contributed by atoms with van der Waals surface area (Å²) in [6.45, 7) is 11.5. The molecule has 0 amide bonds. The van der Waals surface area contributed by atoms with Crippen LogP contribution in [0.25, 0.3) is 0 Å². The van der Waals surface area contributed by atoms with Crippen LogP contribution in [0.4, 0.5) is 0 Å². The summed E-state index contributed by atoms with van der Waals surface area (Å²) >= 11 is 3.64. The highest BCUT2D eigenvalue weighted by atomic mass is 79.9. The van der Waals surface area contributed by atoms with E-state index in [1.807, 2.05) is 32.0 Å². The molecule has 6 heteroatoms. The maximum Gasteiger partial charge on any atom is 0.163 e. The molecule has 1 aromatic rings. The van der Waals surface area contributed by atoms with Crippen LogP contribution in [-0.2, 0) is 25.6 Å². The van der Waals surface area contributed by atoms with E-state index >= 15 is 0 Å². The molecule has 0 aliphatic carbocycles. The smallest absolute Gasteiger partial charge is 0.163 e. The lowest BCUT2D eigenvalue weighted by atomic mass is 10.0. The minimum atomic E-state index is -1.50. The third-order valence-corrected chi connectivity index (χ3v) is 6.03. The molecular weight excluding hydrogens is 436 g/mol. The monoisotopic (exact) mass is 464 g/mol. The van der Waals surface area contributed by atoms with Gasteiger partial charge in [-0.25, -0.2) is 0 Å². The molecule has 1 unspecified atom stereocenters. The molecule has 0 radical (unpaired) electrons. The van der Waals surface area contributed by atoms with Gasteiger partial charge in [0.05, 0.1) is 13.2 Å². The molecule has 0 saturated carbocycles. The van der Waals surface area contributed by atoms with Gasteiger partial charge in [-0.1, -0.05) is 71.8 Å². The van der Waals surface area contributed by atoms with Gasteiger partial charge in [-0.3, -0.25) is 0 Å². The molecular formula is C22H29BrO4Si. The van der Waals surface area contributed by atoms with Crippen molar-refractivity contribution < 1.29 is 18.9 Å². The SMILES string of the molecule is CC1(C)OC[C@H]([C@H]2OC(C#C[Si](C)(C)C)C(Br)=C[C@H]2OCc2ccccc2)O1. The van der Waals surface area contributed by atoms with Crippen LogP contribution in [0.15, 0.2) is 40.9 Å². The molecule has 1 saturated heterocycles. The van der Waals surface area contributed by atoms with Gasteiger partial charge in [0, 0.05) is 4.48 Å². The summed E-state index contributed by atoms with van der Waals surface area (Å²) in [6, 6.07) is 10.1. The zero-order valence-corrected chi connectivity index (χ0v) is 19.8. The van der Waals surface area contributed by atoms with Gasteiger partial charge in [-0.2, -0.15) is 0 Å². The lowest BCUT2D eigenvalue weighted by Gasteiger charge is -2.35. The molecule has 1 aromatic carbocycles. The highest BCUT2D eigenvalue weighted by Gasteiger charge is 2.44. The Kier molecular flexibility index (Phi) is 6.86. The second-order valence-electron chi connectivity index (χ2n) is 8.68. The van der Waals surface area contributed by atoms with E-state index in [1.165, 1.54) is 0 Å². The van der Waals surface area contributed by atoms with Gasteiger partial charge in [-0.15, -0.1) is 5.54 Å². The number of ether oxygens (including phenoxy) is 4. The molecule has 4 nitrogen and oxygen atoms in total. The standard InChI is InChI=1S/C22H29BrO4Si/c1-22(2)25-15-20(27-22)21-19(24-14-16-9-7-6-8-10-16)13-17(23)18(26-21)11-12-28(3,4)5/h6-10,13,18-21H,14-15H2,1-5H3/t18?,19-,20-,21+/m1/s1. The zero-order chi connectivity index (χ0) is 20.4. The van der Waals surface area contributed by atoms with Crippen molar-refractivity contribution in [3.8, 4) is 11.5 Å². The highest BCUT2D eigenvalue weighted by molar-refractivity contribution is 9.11. The van der Waals surface area contributed by atoms with E-state index in [0.29, 0.717) is 13.2 Å². The molecule has 28 heavy (non-hydrogen) atoms. The van der Waals surface area contributed by atoms with Crippen molar-refractivity contribution in [1.82, 2.24) is 0 Å². The van der Waals surface area contributed by atoms with E-state index in [4.69, 9.17) is 18.9 Å². The van der Waals surface area contributed by atoms with Crippen molar-refractivity contribution in [2.75, 3.05) is 6.61 Å². The first kappa shape index (κ1) is 21.8. The van der Waals surface area contributed by atoms with Crippen LogP contribution >= 0.6 is 15.9 Å². The van der Waals surface area contributed by atoms with Crippen molar-refractivity contribution in [2.24, 2.45) is 0 Å². The summed E-state index contributed by atoms with van der Waals surface area (Å²) < 4.78 is 25.4. The molecule has 4 atom stereocenters. The predicted molar refractivity (Wildman–Crippen MR) is 117 cm³/mol. The van der Waals surface area contributed by atoms with Crippen molar-refractivity contribution >= 4 is 24.0 Å². The third kappa shape index (κ3) is 6.03. The Balaban J connectivity index is 1.79. The summed E-state index contributed by atoms with van der Waals surface area (Å²) in [7, 11) is -1.50. The largest absolute Gasteiger partial charge is 0.367 e. The number of rotatable bonds is 4. The van der Waals surface area contributed by atoms with E-state index < -0.39 is 13.9 Å². The summed E-state index contributed by atoms with van der Waals surface area (Å²) in [5, 5.41) is 0. The Morgan fingerprint density at radius 2 is 1.93 bits per heavy atom. The van der Waals surface area contributed by atoms with Crippen molar-refractivity contribution in [1.29, 1.82) is 0 Å². The first-order valence-electron chi connectivity index (χ1n) is 9.66. The first-order chi connectivity index (χ1) is 13.1. The van der Waals surface area contributed by atoms with E-state index in [-0.39, 0.29) is 24.4 Å². The van der Waals surface area contributed by atoms with Gasteiger partial charge < -0.3 is 18.9 Å². The normalized spacial score (nSPS) is 29.7. The average Bonchev–Trinajstić information content (AvgIpc) is 2.99. The summed E-state index contributed by atoms with van der Waals surface area (Å²) in [5.74, 6) is 2.69. The minimum Gasteiger partial charge on any atom is -0.367 e. The molecule has 152 valence electrons. The quantitative estimate of drug-likeness (QED) is 0.479. The molecule has 2 aliphatic heterocycles. The second kappa shape index (κ2) is 8.82. The topological polar surface area (TPSA) is 36.9 Å². The Labute approximate surface area is 177 Å². The van der Waals surface area contributed by atoms with Gasteiger partial charge in [0.15, 0.2) is 5.79 Å². The Hall–Kier alpha value is -0.943. The maximum absolute atomic E-state index is 6.38. The number of halogens is 1. The fraction of sp³-hybridized carbons (Fsp3) is 0.545. The molecule has 0 aromatic heterocycles. The zero-order valence-electron chi connectivity index (χ0n) is 17.2. The molecule has 2 aliphatic rings. The van der Waals surface area contributed by atoms with Crippen LogP contribution < -0.4 is 0 Å². The van der Waals surface area contributed by atoms with Gasteiger partial charge >= 0.3 is 0 Å². The predicted octanol–water partition coefficient (Wildman–Crippen LogP) is 4.65. The van der Waals surface area contributed by atoms with Crippen molar-refractivity contribution in [2.45, 2.75) is 70.3 Å². The number of hydrogen-bond donors (Lipinski definition) is 0. The second-order valence-corrected chi connectivity index (χ2v) is 14.3. The van der Waals surface area contributed by atoms with E-state index in [2.05, 4.69) is 65.2 Å². The van der Waals surface area contributed by atoms with Crippen LogP contribution in [-0.4, -0.2) is 44.9 Å². The average molecular weight is 465 g/mol. The van der Waals surface area contributed by atoms with Crippen LogP contribution in [0.5, 0.6) is 0 Å². The Morgan fingerprint density at radius 1 is 1.21 bits per heavy atom. The fourth-order valence-corrected chi connectivity index (χ4v) is 4.16. The first-order valence-corrected chi connectivity index (χ1v) is 13.9. The van der Waals surface area contributed by atoms with Gasteiger partial charge in [0.2, 0.25) is 0 Å². The van der Waals surface area contributed by atoms with Crippen molar-refractivity contribution in [3.63, 3.8) is 0 Å². The Bertz CT molecular complexity index is 760. The van der Waals surface area contributed by atoms with Crippen LogP contribution in [0.1, 0.15) is 19.4 Å². The molecule has 1 fully saturated rings. The third-order valence-electron chi connectivity index (χ3n) is 4.45. The minimum absolute atomic E-state index is 0.205. The molecule has 2 heterocycles. The molecule has 0 spiro atoms. The van der Waals surface area contributed by atoms with E-state index in [0.717, 1.165) is 10.0 Å². The summed E-state index contributed by atoms with van der Waals surface area (Å²) in [6.07, 6.45) is 1.02. The van der Waals surface area contributed by atoms with Gasteiger partial charge in [0.25, 0.3) is 0 Å². The summed E-state index contributed by atoms with van der Waals surface area (Å²) in [4.78, 5) is 0. The molecule has 0 bridgehead atoms. The number of hydrogen-bond acceptors (Lipinski definition) is 4. The van der Waals surface area contributed by atoms with Gasteiger partial charge in [-0.05, 0) is 25.5 Å². The van der Waals surface area contributed by atoms with Crippen LogP contribution in [0, 0.1) is 11.5 Å². The van der Waals surface area contributed by atoms with E-state index in [1.54, 1.807) is 0 Å². The van der Waals surface area contributed by atoms with E-state index in [9.17, 15) is 0 Å². The maximum atomic E-state index is 6.38.